The van der Waals surface area contributed by atoms with Crippen molar-refractivity contribution in [2.45, 2.75) is 31.7 Å². The second-order valence-corrected chi connectivity index (χ2v) is 5.77. The molecule has 1 aliphatic heterocycles. The van der Waals surface area contributed by atoms with Gasteiger partial charge in [-0.1, -0.05) is 0 Å². The molecule has 2 aliphatic rings. The fourth-order valence-electron chi connectivity index (χ4n) is 2.74. The zero-order chi connectivity index (χ0) is 13.1. The normalized spacial score (nSPS) is 20.3. The van der Waals surface area contributed by atoms with Crippen LogP contribution in [-0.2, 0) is 0 Å². The predicted octanol–water partition coefficient (Wildman–Crippen LogP) is 2.53. The van der Waals surface area contributed by atoms with Crippen molar-refractivity contribution in [1.29, 1.82) is 5.26 Å². The Kier molecular flexibility index (Phi) is 3.70. The van der Waals surface area contributed by atoms with E-state index in [-0.39, 0.29) is 0 Å². The van der Waals surface area contributed by atoms with Gasteiger partial charge >= 0.3 is 0 Å². The lowest BCUT2D eigenvalue weighted by Crippen LogP contribution is -2.43. The molecule has 0 amide bonds. The topological polar surface area (TPSA) is 39.1 Å². The number of anilines is 1. The summed E-state index contributed by atoms with van der Waals surface area (Å²) < 4.78 is 0. The smallest absolute Gasteiger partial charge is 0.0991 e. The maximum absolute atomic E-state index is 8.81. The molecule has 1 saturated carbocycles. The number of nitrogens with zero attached hydrogens (tertiary/aromatic N) is 2. The number of nitrogens with one attached hydrogen (secondary N) is 1. The van der Waals surface area contributed by atoms with Crippen molar-refractivity contribution in [3.63, 3.8) is 0 Å². The average Bonchev–Trinajstić information content (AvgIpc) is 3.30. The highest BCUT2D eigenvalue weighted by Crippen LogP contribution is 2.28. The molecule has 0 bridgehead atoms. The van der Waals surface area contributed by atoms with Crippen molar-refractivity contribution >= 4 is 5.69 Å². The summed E-state index contributed by atoms with van der Waals surface area (Å²) in [5.41, 5.74) is 1.99. The van der Waals surface area contributed by atoms with Gasteiger partial charge in [0.25, 0.3) is 0 Å². The monoisotopic (exact) mass is 255 g/mol. The summed E-state index contributed by atoms with van der Waals surface area (Å²) in [6.07, 6.45) is 5.31. The third kappa shape index (κ3) is 3.27. The van der Waals surface area contributed by atoms with Gasteiger partial charge in [0, 0.05) is 24.8 Å². The number of hydrogen-bond donors (Lipinski definition) is 1. The van der Waals surface area contributed by atoms with Gasteiger partial charge in [0.2, 0.25) is 0 Å². The first-order valence-corrected chi connectivity index (χ1v) is 7.33. The first-order chi connectivity index (χ1) is 9.35. The van der Waals surface area contributed by atoms with Crippen LogP contribution in [0.1, 0.15) is 31.2 Å². The van der Waals surface area contributed by atoms with E-state index in [1.807, 2.05) is 12.1 Å². The van der Waals surface area contributed by atoms with E-state index >= 15 is 0 Å². The molecule has 3 rings (SSSR count). The minimum Gasteiger partial charge on any atom is -0.371 e. The maximum Gasteiger partial charge on any atom is 0.0991 e. The molecular formula is C16H21N3. The van der Waals surface area contributed by atoms with Crippen LogP contribution in [0.15, 0.2) is 24.3 Å². The summed E-state index contributed by atoms with van der Waals surface area (Å²) in [7, 11) is 0. The molecular weight excluding hydrogens is 234 g/mol. The quantitative estimate of drug-likeness (QED) is 0.898. The standard InChI is InChI=1S/C16H21N3/c17-11-13-3-5-16(6-4-13)19-9-7-15(8-10-19)18-12-14-1-2-14/h3-6,14-15,18H,1-2,7-10,12H2. The molecule has 0 unspecified atom stereocenters. The number of nitriles is 1. The van der Waals surface area contributed by atoms with E-state index in [0.717, 1.165) is 24.6 Å². The SMILES string of the molecule is N#Cc1ccc(N2CCC(NCC3CC3)CC2)cc1. The van der Waals surface area contributed by atoms with E-state index in [1.165, 1.54) is 37.9 Å². The maximum atomic E-state index is 8.81. The molecule has 100 valence electrons. The molecule has 1 N–H and O–H groups in total. The number of benzene rings is 1. The van der Waals surface area contributed by atoms with Gasteiger partial charge in [-0.15, -0.1) is 0 Å². The van der Waals surface area contributed by atoms with Gasteiger partial charge in [-0.2, -0.15) is 5.26 Å². The van der Waals surface area contributed by atoms with Gasteiger partial charge in [0.05, 0.1) is 11.6 Å². The van der Waals surface area contributed by atoms with Gasteiger partial charge in [0.15, 0.2) is 0 Å². The van der Waals surface area contributed by atoms with Gasteiger partial charge in [-0.25, -0.2) is 0 Å². The highest BCUT2D eigenvalue weighted by atomic mass is 15.1. The van der Waals surface area contributed by atoms with Crippen LogP contribution in [0.3, 0.4) is 0 Å². The lowest BCUT2D eigenvalue weighted by molar-refractivity contribution is 0.409. The fourth-order valence-corrected chi connectivity index (χ4v) is 2.74. The minimum absolute atomic E-state index is 0.704. The van der Waals surface area contributed by atoms with Crippen molar-refractivity contribution in [3.05, 3.63) is 29.8 Å². The summed E-state index contributed by atoms with van der Waals surface area (Å²) in [6, 6.07) is 10.8. The van der Waals surface area contributed by atoms with Crippen LogP contribution in [0, 0.1) is 17.2 Å². The molecule has 2 fully saturated rings. The Morgan fingerprint density at radius 1 is 1.11 bits per heavy atom. The molecule has 3 nitrogen and oxygen atoms in total. The Bertz CT molecular complexity index is 448. The first kappa shape index (κ1) is 12.5. The molecule has 0 spiro atoms. The molecule has 0 radical (unpaired) electrons. The lowest BCUT2D eigenvalue weighted by Gasteiger charge is -2.34. The Labute approximate surface area is 115 Å². The molecule has 19 heavy (non-hydrogen) atoms. The lowest BCUT2D eigenvalue weighted by atomic mass is 10.0. The van der Waals surface area contributed by atoms with Crippen molar-refractivity contribution in [2.24, 2.45) is 5.92 Å². The van der Waals surface area contributed by atoms with E-state index in [2.05, 4.69) is 28.4 Å². The van der Waals surface area contributed by atoms with Gasteiger partial charge < -0.3 is 10.2 Å². The molecule has 0 aromatic heterocycles. The van der Waals surface area contributed by atoms with Crippen molar-refractivity contribution in [1.82, 2.24) is 5.32 Å². The Morgan fingerprint density at radius 3 is 2.37 bits per heavy atom. The molecule has 3 heteroatoms. The molecule has 1 aromatic carbocycles. The van der Waals surface area contributed by atoms with Crippen LogP contribution in [0.5, 0.6) is 0 Å². The highest BCUT2D eigenvalue weighted by Gasteiger charge is 2.24. The van der Waals surface area contributed by atoms with Crippen LogP contribution in [0.4, 0.5) is 5.69 Å². The summed E-state index contributed by atoms with van der Waals surface area (Å²) >= 11 is 0. The van der Waals surface area contributed by atoms with Crippen LogP contribution in [-0.4, -0.2) is 25.7 Å². The number of rotatable bonds is 4. The molecule has 1 saturated heterocycles. The predicted molar refractivity (Wildman–Crippen MR) is 77.1 cm³/mol. The second kappa shape index (κ2) is 5.63. The summed E-state index contributed by atoms with van der Waals surface area (Å²) in [5, 5.41) is 12.5. The van der Waals surface area contributed by atoms with E-state index in [1.54, 1.807) is 0 Å². The van der Waals surface area contributed by atoms with Crippen molar-refractivity contribution in [3.8, 4) is 6.07 Å². The zero-order valence-corrected chi connectivity index (χ0v) is 11.3. The summed E-state index contributed by atoms with van der Waals surface area (Å²) in [4.78, 5) is 2.43. The Balaban J connectivity index is 1.49. The van der Waals surface area contributed by atoms with E-state index in [0.29, 0.717) is 6.04 Å². The average molecular weight is 255 g/mol. The third-order valence-corrected chi connectivity index (χ3v) is 4.25. The number of piperidine rings is 1. The molecule has 1 aliphatic carbocycles. The van der Waals surface area contributed by atoms with E-state index in [9.17, 15) is 0 Å². The first-order valence-electron chi connectivity index (χ1n) is 7.33. The minimum atomic E-state index is 0.704. The second-order valence-electron chi connectivity index (χ2n) is 5.77. The summed E-state index contributed by atoms with van der Waals surface area (Å²) in [6.45, 7) is 3.46. The van der Waals surface area contributed by atoms with Gasteiger partial charge in [-0.3, -0.25) is 0 Å². The Morgan fingerprint density at radius 2 is 1.79 bits per heavy atom. The zero-order valence-electron chi connectivity index (χ0n) is 11.3. The summed E-state index contributed by atoms with van der Waals surface area (Å²) in [5.74, 6) is 0.969. The Hall–Kier alpha value is -1.53. The van der Waals surface area contributed by atoms with Gasteiger partial charge in [-0.05, 0) is 62.4 Å². The molecule has 1 aromatic rings. The van der Waals surface area contributed by atoms with Crippen molar-refractivity contribution < 1.29 is 0 Å². The molecule has 0 atom stereocenters. The van der Waals surface area contributed by atoms with Crippen LogP contribution < -0.4 is 10.2 Å². The van der Waals surface area contributed by atoms with Gasteiger partial charge in [0.1, 0.15) is 0 Å². The van der Waals surface area contributed by atoms with E-state index in [4.69, 9.17) is 5.26 Å². The third-order valence-electron chi connectivity index (χ3n) is 4.25. The van der Waals surface area contributed by atoms with Crippen LogP contribution in [0.2, 0.25) is 0 Å². The number of hydrogen-bond acceptors (Lipinski definition) is 3. The largest absolute Gasteiger partial charge is 0.371 e. The van der Waals surface area contributed by atoms with E-state index < -0.39 is 0 Å². The molecule has 1 heterocycles. The fraction of sp³-hybridized carbons (Fsp3) is 0.562. The van der Waals surface area contributed by atoms with Crippen LogP contribution >= 0.6 is 0 Å². The highest BCUT2D eigenvalue weighted by molar-refractivity contribution is 5.49. The van der Waals surface area contributed by atoms with Crippen molar-refractivity contribution in [2.75, 3.05) is 24.5 Å². The van der Waals surface area contributed by atoms with Crippen LogP contribution in [0.25, 0.3) is 0 Å².